The summed E-state index contributed by atoms with van der Waals surface area (Å²) in [6, 6.07) is 6.54. The highest BCUT2D eigenvalue weighted by Crippen LogP contribution is 2.43. The maximum Gasteiger partial charge on any atom is 0.328 e. The Kier molecular flexibility index (Phi) is 10.1. The normalized spacial score (nSPS) is 14.7. The van der Waals surface area contributed by atoms with Crippen LogP contribution in [0.4, 0.5) is 5.69 Å². The molecule has 2 aromatic carbocycles. The molecule has 0 aliphatic carbocycles. The van der Waals surface area contributed by atoms with E-state index in [4.69, 9.17) is 19.6 Å². The topological polar surface area (TPSA) is 121 Å². The number of fused-ring (bicyclic) bond motifs is 2. The van der Waals surface area contributed by atoms with Crippen LogP contribution in [-0.2, 0) is 21.5 Å². The van der Waals surface area contributed by atoms with Gasteiger partial charge in [-0.1, -0.05) is 20.8 Å². The zero-order valence-corrected chi connectivity index (χ0v) is 26.2. The van der Waals surface area contributed by atoms with E-state index in [1.54, 1.807) is 44.0 Å². The van der Waals surface area contributed by atoms with E-state index in [0.717, 1.165) is 11.1 Å². The summed E-state index contributed by atoms with van der Waals surface area (Å²) < 4.78 is 17.1. The predicted molar refractivity (Wildman–Crippen MR) is 164 cm³/mol. The molecule has 0 saturated heterocycles. The number of ether oxygens (including phenoxy) is 3. The van der Waals surface area contributed by atoms with Crippen LogP contribution in [0.15, 0.2) is 24.3 Å². The number of carbonyl (C=O) groups is 3. The van der Waals surface area contributed by atoms with Crippen LogP contribution >= 0.6 is 12.4 Å². The molecule has 2 heterocycles. The van der Waals surface area contributed by atoms with Gasteiger partial charge in [0.1, 0.15) is 30.0 Å². The lowest BCUT2D eigenvalue weighted by Gasteiger charge is -2.37. The molecule has 0 bridgehead atoms. The third-order valence-corrected chi connectivity index (χ3v) is 7.43. The van der Waals surface area contributed by atoms with E-state index in [2.05, 4.69) is 26.1 Å². The van der Waals surface area contributed by atoms with Gasteiger partial charge in [0.25, 0.3) is 5.91 Å². The Morgan fingerprint density at radius 3 is 2.45 bits per heavy atom. The van der Waals surface area contributed by atoms with Gasteiger partial charge in [0.05, 0.1) is 37.6 Å². The molecule has 2 N–H and O–H groups in total. The molecule has 0 saturated carbocycles. The third-order valence-electron chi connectivity index (χ3n) is 7.43. The van der Waals surface area contributed by atoms with Gasteiger partial charge in [0, 0.05) is 30.3 Å². The first-order valence-corrected chi connectivity index (χ1v) is 14.0. The van der Waals surface area contributed by atoms with Gasteiger partial charge in [-0.15, -0.1) is 12.4 Å². The summed E-state index contributed by atoms with van der Waals surface area (Å²) >= 11 is 0. The first-order valence-electron chi connectivity index (χ1n) is 14.0. The number of esters is 1. The van der Waals surface area contributed by atoms with Gasteiger partial charge in [-0.05, 0) is 56.0 Å². The number of hydrogen-bond donors (Lipinski definition) is 2. The van der Waals surface area contributed by atoms with Gasteiger partial charge in [-0.2, -0.15) is 0 Å². The summed E-state index contributed by atoms with van der Waals surface area (Å²) in [5.41, 5.74) is 3.47. The molecule has 10 nitrogen and oxygen atoms in total. The molecule has 4 rings (SSSR count). The Balaban J connectivity index is 0.00000484. The molecular formula is C31H41ClN4O6. The summed E-state index contributed by atoms with van der Waals surface area (Å²) in [6.45, 7) is 13.5. The summed E-state index contributed by atoms with van der Waals surface area (Å²) in [4.78, 5) is 42.5. The second-order valence-corrected chi connectivity index (χ2v) is 11.2. The molecule has 11 heteroatoms. The Labute approximate surface area is 253 Å². The van der Waals surface area contributed by atoms with Crippen LogP contribution in [0.25, 0.3) is 0 Å². The van der Waals surface area contributed by atoms with E-state index < -0.39 is 6.04 Å². The number of anilines is 1. The lowest BCUT2D eigenvalue weighted by atomic mass is 9.84. The predicted octanol–water partition coefficient (Wildman–Crippen LogP) is 4.34. The van der Waals surface area contributed by atoms with Crippen molar-refractivity contribution < 1.29 is 28.6 Å². The number of nitrogens with zero attached hydrogens (tertiary/aromatic N) is 2. The molecule has 0 aromatic heterocycles. The number of carbonyl (C=O) groups excluding carboxylic acids is 3. The third kappa shape index (κ3) is 6.33. The summed E-state index contributed by atoms with van der Waals surface area (Å²) in [5.74, 6) is 0.499. The summed E-state index contributed by atoms with van der Waals surface area (Å²) in [6.07, 6.45) is 0. The van der Waals surface area contributed by atoms with Gasteiger partial charge in [-0.3, -0.25) is 15.0 Å². The first kappa shape index (κ1) is 32.7. The number of amides is 1. The molecule has 1 atom stereocenters. The van der Waals surface area contributed by atoms with E-state index in [0.29, 0.717) is 60.2 Å². The van der Waals surface area contributed by atoms with E-state index in [1.165, 1.54) is 0 Å². The van der Waals surface area contributed by atoms with E-state index in [9.17, 15) is 14.4 Å². The number of halogens is 1. The van der Waals surface area contributed by atoms with Crippen molar-refractivity contribution in [2.24, 2.45) is 0 Å². The second kappa shape index (κ2) is 13.0. The van der Waals surface area contributed by atoms with Crippen molar-refractivity contribution in [1.82, 2.24) is 10.2 Å². The molecule has 42 heavy (non-hydrogen) atoms. The van der Waals surface area contributed by atoms with Crippen molar-refractivity contribution in [2.45, 2.75) is 59.5 Å². The smallest absolute Gasteiger partial charge is 0.328 e. The zero-order chi connectivity index (χ0) is 30.1. The maximum atomic E-state index is 13.8. The number of ketones is 1. The van der Waals surface area contributed by atoms with Crippen molar-refractivity contribution in [3.63, 3.8) is 0 Å². The highest BCUT2D eigenvalue weighted by Gasteiger charge is 2.34. The Morgan fingerprint density at radius 2 is 1.83 bits per heavy atom. The Morgan fingerprint density at radius 1 is 1.12 bits per heavy atom. The highest BCUT2D eigenvalue weighted by molar-refractivity contribution is 6.08. The van der Waals surface area contributed by atoms with Gasteiger partial charge in [0.15, 0.2) is 5.78 Å². The van der Waals surface area contributed by atoms with E-state index in [1.807, 2.05) is 17.9 Å². The molecule has 0 spiro atoms. The Hall–Kier alpha value is -3.79. The van der Waals surface area contributed by atoms with Gasteiger partial charge in [0.2, 0.25) is 0 Å². The number of hydrogen-bond acceptors (Lipinski definition) is 8. The highest BCUT2D eigenvalue weighted by atomic mass is 35.5. The standard InChI is InChI=1S/C31H40N4O6.ClH/c1-8-39-26-14-20-16-34(28(32)21(20)15-22(26)29(37)33-7)17-25(36)19-12-23(31(4,5)6)27-24(13-19)35(10-11-41-27)18(3)30(38)40-9-2;/h12-15,18,32H,8-11,16-17H2,1-7H3,(H,33,37);1H. The number of nitrogens with one attached hydrogen (secondary N) is 2. The van der Waals surface area contributed by atoms with Gasteiger partial charge >= 0.3 is 5.97 Å². The van der Waals surface area contributed by atoms with Crippen LogP contribution in [-0.4, -0.2) is 74.4 Å². The van der Waals surface area contributed by atoms with Crippen LogP contribution in [0.5, 0.6) is 11.5 Å². The van der Waals surface area contributed by atoms with Crippen molar-refractivity contribution >= 4 is 41.6 Å². The number of amidine groups is 1. The largest absolute Gasteiger partial charge is 0.493 e. The quantitative estimate of drug-likeness (QED) is 0.322. The lowest BCUT2D eigenvalue weighted by molar-refractivity contribution is -0.144. The van der Waals surface area contributed by atoms with E-state index >= 15 is 0 Å². The molecule has 2 aliphatic rings. The summed E-state index contributed by atoms with van der Waals surface area (Å²) in [7, 11) is 1.55. The average Bonchev–Trinajstić information content (AvgIpc) is 3.24. The first-order chi connectivity index (χ1) is 19.4. The molecule has 1 amide bonds. The minimum Gasteiger partial charge on any atom is -0.493 e. The number of Topliss-reactive ketones (excluding diaryl/α,β-unsaturated/α-hetero) is 1. The molecule has 2 aliphatic heterocycles. The number of rotatable bonds is 9. The minimum atomic E-state index is -0.550. The summed E-state index contributed by atoms with van der Waals surface area (Å²) in [5, 5.41) is 11.4. The minimum absolute atomic E-state index is 0. The number of benzene rings is 2. The molecule has 2 aromatic rings. The van der Waals surface area contributed by atoms with Crippen LogP contribution < -0.4 is 19.7 Å². The molecule has 228 valence electrons. The molecule has 0 fully saturated rings. The average molecular weight is 601 g/mol. The SMILES string of the molecule is CCOC(=O)C(C)N1CCOc2c1cc(C(=O)CN1Cc3cc(OCC)c(C(=O)NC)cc3C1=N)cc2C(C)(C)C.Cl. The van der Waals surface area contributed by atoms with Crippen LogP contribution in [0.2, 0.25) is 0 Å². The fourth-order valence-corrected chi connectivity index (χ4v) is 5.27. The Bertz CT molecular complexity index is 1390. The zero-order valence-electron chi connectivity index (χ0n) is 25.4. The molecular weight excluding hydrogens is 560 g/mol. The van der Waals surface area contributed by atoms with Crippen molar-refractivity contribution in [2.75, 3.05) is 44.9 Å². The monoisotopic (exact) mass is 600 g/mol. The maximum absolute atomic E-state index is 13.8. The van der Waals surface area contributed by atoms with Gasteiger partial charge in [-0.25, -0.2) is 4.79 Å². The molecule has 0 radical (unpaired) electrons. The van der Waals surface area contributed by atoms with Gasteiger partial charge < -0.3 is 29.3 Å². The van der Waals surface area contributed by atoms with Crippen LogP contribution in [0, 0.1) is 5.41 Å². The fourth-order valence-electron chi connectivity index (χ4n) is 5.27. The molecule has 1 unspecified atom stereocenters. The van der Waals surface area contributed by atoms with Crippen LogP contribution in [0.3, 0.4) is 0 Å². The second-order valence-electron chi connectivity index (χ2n) is 11.2. The lowest BCUT2D eigenvalue weighted by Crippen LogP contribution is -2.45. The van der Waals surface area contributed by atoms with Crippen molar-refractivity contribution in [1.29, 1.82) is 5.41 Å². The van der Waals surface area contributed by atoms with Crippen molar-refractivity contribution in [3.05, 3.63) is 52.1 Å². The van der Waals surface area contributed by atoms with Crippen LogP contribution in [0.1, 0.15) is 78.9 Å². The fraction of sp³-hybridized carbons (Fsp3) is 0.484. The van der Waals surface area contributed by atoms with E-state index in [-0.39, 0.29) is 54.5 Å². The van der Waals surface area contributed by atoms with Crippen molar-refractivity contribution in [3.8, 4) is 11.5 Å².